The number of carboxylic acids is 2. The molecule has 42 nitrogen and oxygen atoms in total. The van der Waals surface area contributed by atoms with Gasteiger partial charge in [-0.25, -0.2) is 23.6 Å². The number of amides is 6. The molecule has 0 radical (unpaired) electrons. The van der Waals surface area contributed by atoms with Crippen LogP contribution in [0.1, 0.15) is 157 Å². The second kappa shape index (κ2) is 69.7. The number of ether oxygens (including phenoxy) is 9. The minimum Gasteiger partial charge on any atom is -0.481 e. The van der Waals surface area contributed by atoms with Gasteiger partial charge in [0.1, 0.15) is 66.4 Å². The largest absolute Gasteiger partial charge is 0.481 e. The second-order valence-electron chi connectivity index (χ2n) is 34.6. The summed E-state index contributed by atoms with van der Waals surface area (Å²) in [5.74, 6) is -3.03. The van der Waals surface area contributed by atoms with E-state index in [0.29, 0.717) is 120 Å². The SMILES string of the molecule is CC(=O)O.CC(=O)O.COC[C@@H](CN)NC(=O)OC(C)(C)C.COC[C@@H](CNc1ccc(C#N)c(Br)c1)NC(=O)OC(C)(C)C.COC[C@@H](CNc1ccc(C#N)c(Nc2cc(C)ns2)c1)NC(=O)OC(C)(C)C.COC[C@@H](CNc1ccc(C(N)=O)c(Nc2cc(C)ns2)c1)NC(=O)OC(C)(C)C.COC[C@H](N)CNc1ccc(C(N)=O)c(Nc2cc(C)ns2)c1.Cc1cc(N)sn1.N#Cc1ccc(F)cc1Br.[Pd]. The molecule has 0 aliphatic carbocycles. The fourth-order valence-corrected chi connectivity index (χ4v) is 14.2. The van der Waals surface area contributed by atoms with E-state index in [-0.39, 0.29) is 56.4 Å². The van der Waals surface area contributed by atoms with Crippen LogP contribution in [0.4, 0.5) is 83.4 Å². The van der Waals surface area contributed by atoms with Crippen LogP contribution in [-0.4, -0.2) is 230 Å². The zero-order chi connectivity index (χ0) is 109. The number of carbonyl (C=O) groups excluding carboxylic acids is 6. The molecule has 0 aliphatic rings. The first-order valence-corrected chi connectivity index (χ1v) is 48.6. The van der Waals surface area contributed by atoms with E-state index in [1.807, 2.05) is 124 Å². The predicted octanol–water partition coefficient (Wildman–Crippen LogP) is 16.4. The van der Waals surface area contributed by atoms with Gasteiger partial charge in [-0.15, -0.1) is 0 Å². The fourth-order valence-electron chi connectivity index (χ4n) is 10.7. The van der Waals surface area contributed by atoms with E-state index in [1.165, 1.54) is 64.3 Å². The van der Waals surface area contributed by atoms with Crippen LogP contribution in [0.5, 0.6) is 0 Å². The minimum atomic E-state index is -0.833. The van der Waals surface area contributed by atoms with E-state index in [9.17, 15) is 38.4 Å². The number of halogens is 3. The van der Waals surface area contributed by atoms with Crippen LogP contribution in [0.2, 0.25) is 0 Å². The number of aliphatic carboxylic acids is 2. The summed E-state index contributed by atoms with van der Waals surface area (Å²) in [6.45, 7) is 35.5. The van der Waals surface area contributed by atoms with Gasteiger partial charge in [-0.2, -0.15) is 33.3 Å². The van der Waals surface area contributed by atoms with Gasteiger partial charge in [-0.05, 0) is 304 Å². The molecule has 9 aromatic rings. The van der Waals surface area contributed by atoms with E-state index in [1.54, 1.807) is 126 Å². The number of benzene rings is 5. The van der Waals surface area contributed by atoms with E-state index < -0.39 is 70.5 Å². The zero-order valence-electron chi connectivity index (χ0n) is 85.4. The van der Waals surface area contributed by atoms with Gasteiger partial charge in [0.25, 0.3) is 23.8 Å². The number of nitrogens with two attached hydrogens (primary N) is 5. The van der Waals surface area contributed by atoms with Crippen molar-refractivity contribution in [1.29, 1.82) is 15.8 Å². The second-order valence-corrected chi connectivity index (χ2v) is 39.6. The first-order valence-electron chi connectivity index (χ1n) is 43.9. The van der Waals surface area contributed by atoms with Crippen LogP contribution in [0.25, 0.3) is 0 Å². The number of nitrogen functional groups attached to an aromatic ring is 1. The average molecular weight is 2320 g/mol. The summed E-state index contributed by atoms with van der Waals surface area (Å²) >= 11 is 11.7. The summed E-state index contributed by atoms with van der Waals surface area (Å²) in [4.78, 5) is 88.6. The van der Waals surface area contributed by atoms with E-state index in [0.717, 1.165) is 79.4 Å². The first-order chi connectivity index (χ1) is 67.4. The molecule has 0 bridgehead atoms. The van der Waals surface area contributed by atoms with Crippen molar-refractivity contribution in [2.45, 2.75) is 177 Å². The molecule has 0 saturated heterocycles. The maximum Gasteiger partial charge on any atom is 0.408 e. The summed E-state index contributed by atoms with van der Waals surface area (Å²) in [7, 11) is 7.87. The number of nitrogens with one attached hydrogen (secondary N) is 11. The Morgan fingerprint density at radius 2 is 0.690 bits per heavy atom. The standard InChI is InChI=1S/C20H29N5O4S.C20H27N5O3S.C16H22BrN3O3.C15H21N5O2S.C9H20N2O3.C7H3BrFN.C4H6N2S.2C2H4O2.Pd/c1-12-8-17(30-25-12)24-16-9-13(6-7-15(16)18(21)26)22-10-14(11-28-5)23-19(27)29-20(2,3)4;1-13-8-18(29-25-13)24-17-9-15(7-6-14(17)10-21)22-11-16(12-27-5)23-19(26)28-20(2,3)4;1-16(2,3)23-15(21)20-13(10-22-4)9-19-12-6-5-11(8-18)14(17)7-12;1-9-5-14(23-20-9)19-13-6-11(3-4-12(13)15(17)21)18-7-10(16)8-22-2;1-9(2,3)14-8(12)11-7(5-10)6-13-4;8-7-3-6(9)2-1-5(7)4-10;1-3-2-4(5)7-6-3;2*1-2(3)4;/h6-9,14,22,24H,10-11H2,1-5H3,(H2,21,26)(H,23,27);6-9,16,22,24H,11-12H2,1-5H3,(H,23,26);5-7,13,19H,9-10H2,1-4H3,(H,20,21);3-6,10,18-19H,7-8,16H2,1-2H3,(H2,17,21);7H,5-6,10H2,1-4H3,(H,11,12);1-3H;2H,5H2,1H3;2*1H3,(H,3,4);/t14-;16-;13-;10-;7-;;;;;/m11111...../s1. The smallest absolute Gasteiger partial charge is 0.408 e. The topological polar surface area (TPSA) is 645 Å². The number of primary amides is 2. The van der Waals surface area contributed by atoms with Gasteiger partial charge in [0.15, 0.2) is 0 Å². The number of alkyl carbamates (subject to hydrolysis) is 4. The molecule has 0 unspecified atom stereocenters. The van der Waals surface area contributed by atoms with Crippen LogP contribution in [-0.2, 0) is 72.6 Å². The van der Waals surface area contributed by atoms with Crippen molar-refractivity contribution in [1.82, 2.24) is 38.8 Å². The number of aromatic nitrogens is 4. The van der Waals surface area contributed by atoms with Crippen molar-refractivity contribution in [3.63, 3.8) is 0 Å². The van der Waals surface area contributed by atoms with Crippen LogP contribution >= 0.6 is 78.0 Å². The van der Waals surface area contributed by atoms with Gasteiger partial charge >= 0.3 is 24.4 Å². The van der Waals surface area contributed by atoms with Gasteiger partial charge in [0.2, 0.25) is 0 Å². The Bertz CT molecular complexity index is 5570. The number of anilines is 11. The number of hydrogen-bond donors (Lipinski definition) is 18. The van der Waals surface area contributed by atoms with Crippen molar-refractivity contribution >= 4 is 186 Å². The molecule has 6 amide bonds. The third-order valence-electron chi connectivity index (χ3n) is 16.4. The molecule has 23 N–H and O–H groups in total. The molecule has 9 rings (SSSR count). The Hall–Kier alpha value is -12.3. The van der Waals surface area contributed by atoms with Crippen LogP contribution < -0.4 is 87.2 Å². The van der Waals surface area contributed by atoms with Crippen LogP contribution in [0, 0.1) is 67.5 Å². The molecule has 0 fully saturated rings. The Morgan fingerprint density at radius 3 is 0.959 bits per heavy atom. The quantitative estimate of drug-likeness (QED) is 0.0130. The Balaban J connectivity index is 0.00000170. The summed E-state index contributed by atoms with van der Waals surface area (Å²) in [5, 5.41) is 78.3. The molecule has 145 heavy (non-hydrogen) atoms. The van der Waals surface area contributed by atoms with E-state index in [2.05, 4.69) is 120 Å². The fraction of sp³-hybridized carbons (Fsp3) is 0.442. The Kier molecular flexibility index (Phi) is 63.8. The number of nitrogens with zero attached hydrogens (tertiary/aromatic N) is 7. The van der Waals surface area contributed by atoms with Gasteiger partial charge in [-0.1, -0.05) is 0 Å². The summed E-state index contributed by atoms with van der Waals surface area (Å²) in [6.07, 6.45) is -1.96. The maximum atomic E-state index is 12.3. The minimum absolute atomic E-state index is 0. The number of carboxylic acid groups (broad SMARTS) is 2. The summed E-state index contributed by atoms with van der Waals surface area (Å²) in [5.41, 5.74) is 36.5. The van der Waals surface area contributed by atoms with Crippen molar-refractivity contribution in [2.75, 3.05) is 144 Å². The maximum absolute atomic E-state index is 12.3. The van der Waals surface area contributed by atoms with Crippen molar-refractivity contribution in [3.05, 3.63) is 181 Å². The number of rotatable bonds is 35. The molecule has 800 valence electrons. The van der Waals surface area contributed by atoms with Gasteiger partial charge in [0, 0.05) is 140 Å². The zero-order valence-corrected chi connectivity index (χ0v) is 93.4. The Labute approximate surface area is 893 Å². The number of hydrogen-bond acceptors (Lipinski definition) is 38. The average Bonchev–Trinajstić information content (AvgIpc) is 1.83. The number of methoxy groups -OCH3 is 5. The third-order valence-corrected chi connectivity index (χ3v) is 20.8. The third kappa shape index (κ3) is 62.9. The molecule has 0 aliphatic heterocycles. The van der Waals surface area contributed by atoms with E-state index in [4.69, 9.17) is 102 Å². The molecule has 4 heterocycles. The number of aryl methyl sites for hydroxylation is 4. The normalized spacial score (nSPS) is 11.5. The van der Waals surface area contributed by atoms with Gasteiger partial charge < -0.3 is 140 Å². The molecule has 50 heteroatoms. The molecule has 0 saturated carbocycles. The predicted molar refractivity (Wildman–Crippen MR) is 570 cm³/mol. The summed E-state index contributed by atoms with van der Waals surface area (Å²) < 4.78 is 76.4. The molecule has 5 atom stereocenters. The van der Waals surface area contributed by atoms with Crippen LogP contribution in [0.3, 0.4) is 0 Å². The van der Waals surface area contributed by atoms with Crippen molar-refractivity contribution in [3.8, 4) is 18.2 Å². The molecule has 5 aromatic carbocycles. The Morgan fingerprint density at radius 1 is 0.414 bits per heavy atom. The molecule has 0 spiro atoms. The number of nitriles is 3. The van der Waals surface area contributed by atoms with Gasteiger partial charge in [0.05, 0.1) is 125 Å². The number of carbonyl (C=O) groups is 8. The van der Waals surface area contributed by atoms with E-state index >= 15 is 0 Å². The summed E-state index contributed by atoms with van der Waals surface area (Å²) in [6, 6.07) is 37.8. The molecule has 4 aromatic heterocycles. The molecular weight excluding hydrogens is 2180 g/mol. The van der Waals surface area contributed by atoms with Crippen LogP contribution in [0.15, 0.2) is 124 Å². The van der Waals surface area contributed by atoms with Crippen molar-refractivity contribution in [2.24, 2.45) is 22.9 Å². The van der Waals surface area contributed by atoms with Gasteiger partial charge in [-0.3, -0.25) is 19.2 Å². The monoisotopic (exact) mass is 2310 g/mol. The first kappa shape index (κ1) is 133. The molecular formula is C95H136Br2FN23O19PdS4. The van der Waals surface area contributed by atoms with Crippen molar-refractivity contribution < 1.29 is 116 Å².